The Bertz CT molecular complexity index is 1300. The summed E-state index contributed by atoms with van der Waals surface area (Å²) in [5.41, 5.74) is 0. The van der Waals surface area contributed by atoms with Crippen molar-refractivity contribution < 1.29 is 24.5 Å². The molecule has 3 N–H and O–H groups in total. The van der Waals surface area contributed by atoms with Gasteiger partial charge >= 0.3 is 5.97 Å². The van der Waals surface area contributed by atoms with Crippen LogP contribution in [0.1, 0.15) is 463 Å². The van der Waals surface area contributed by atoms with E-state index in [0.717, 1.165) is 38.5 Å². The Kier molecular flexibility index (Phi) is 74.8. The van der Waals surface area contributed by atoms with Gasteiger partial charge in [-0.05, 0) is 32.1 Å². The van der Waals surface area contributed by atoms with Crippen LogP contribution >= 0.6 is 0 Å². The van der Waals surface area contributed by atoms with E-state index in [9.17, 15) is 19.8 Å². The number of unbranched alkanes of at least 4 members (excludes halogenated alkanes) is 65. The van der Waals surface area contributed by atoms with Crippen molar-refractivity contribution in [2.24, 2.45) is 0 Å². The van der Waals surface area contributed by atoms with Crippen LogP contribution in [0.25, 0.3) is 0 Å². The number of carbonyl (C=O) groups is 2. The second-order valence-corrected chi connectivity index (χ2v) is 27.8. The standard InChI is InChI=1S/C80H157NO5/c1-3-5-7-9-11-13-15-17-19-21-23-24-25-28-31-34-37-40-44-48-52-56-60-64-68-72-78(83)77(76-82)81-79(84)73-69-65-61-57-53-49-45-41-38-35-32-29-26-27-30-33-36-39-43-47-51-55-59-63-67-71-75-86-80(85)74-70-66-62-58-54-50-46-42-22-20-18-16-14-12-10-8-6-4-2/h68,72,77-78,82-83H,3-67,69-71,73-76H2,1-2H3,(H,81,84)/b72-68+. The molecule has 0 fully saturated rings. The lowest BCUT2D eigenvalue weighted by molar-refractivity contribution is -0.143. The molecule has 0 aliphatic rings. The number of esters is 1. The molecule has 2 atom stereocenters. The Hall–Kier alpha value is -1.40. The summed E-state index contributed by atoms with van der Waals surface area (Å²) < 4.78 is 5.52. The van der Waals surface area contributed by atoms with Gasteiger partial charge in [0.25, 0.3) is 0 Å². The summed E-state index contributed by atoms with van der Waals surface area (Å²) in [4.78, 5) is 24.7. The molecule has 0 aromatic carbocycles. The second-order valence-electron chi connectivity index (χ2n) is 27.8. The van der Waals surface area contributed by atoms with Crippen molar-refractivity contribution in [1.29, 1.82) is 0 Å². The van der Waals surface area contributed by atoms with Gasteiger partial charge in [-0.3, -0.25) is 9.59 Å². The van der Waals surface area contributed by atoms with Crippen molar-refractivity contribution in [3.8, 4) is 0 Å². The summed E-state index contributed by atoms with van der Waals surface area (Å²) in [5, 5.41) is 23.3. The lowest BCUT2D eigenvalue weighted by Crippen LogP contribution is -2.45. The molecule has 0 heterocycles. The second kappa shape index (κ2) is 76.1. The molecule has 0 aliphatic carbocycles. The number of hydrogen-bond acceptors (Lipinski definition) is 5. The summed E-state index contributed by atoms with van der Waals surface area (Å²) in [6, 6.07) is -0.627. The van der Waals surface area contributed by atoms with E-state index >= 15 is 0 Å². The highest BCUT2D eigenvalue weighted by molar-refractivity contribution is 5.76. The summed E-state index contributed by atoms with van der Waals surface area (Å²) in [7, 11) is 0. The third kappa shape index (κ3) is 71.7. The Balaban J connectivity index is 3.36. The number of hydrogen-bond donors (Lipinski definition) is 3. The fourth-order valence-electron chi connectivity index (χ4n) is 13.0. The topological polar surface area (TPSA) is 95.9 Å². The number of rotatable bonds is 76. The number of amides is 1. The highest BCUT2D eigenvalue weighted by Crippen LogP contribution is 2.20. The minimum absolute atomic E-state index is 0.0228. The first-order valence-corrected chi connectivity index (χ1v) is 40.0. The molecule has 0 aromatic rings. The first kappa shape index (κ1) is 84.6. The van der Waals surface area contributed by atoms with Gasteiger partial charge in [-0.15, -0.1) is 0 Å². The molecule has 512 valence electrons. The molecule has 6 nitrogen and oxygen atoms in total. The van der Waals surface area contributed by atoms with Gasteiger partial charge in [0.15, 0.2) is 0 Å². The SMILES string of the molecule is CCCCCCCCCCCCCCCCCCCCCCCCC/C=C/C(O)C(CO)NC(=O)CCCCCCCCCCCCCCCCCCCCCCCCCCCCOC(=O)CCCCCCCCCCCCCCCCCCCC. The molecule has 86 heavy (non-hydrogen) atoms. The highest BCUT2D eigenvalue weighted by Gasteiger charge is 2.18. The quantitative estimate of drug-likeness (QED) is 0.0320. The molecule has 2 unspecified atom stereocenters. The molecule has 0 bridgehead atoms. The van der Waals surface area contributed by atoms with Gasteiger partial charge in [-0.2, -0.15) is 0 Å². The van der Waals surface area contributed by atoms with Crippen LogP contribution in [0.3, 0.4) is 0 Å². The summed E-state index contributed by atoms with van der Waals surface area (Å²) in [6.07, 6.45) is 96.2. The average Bonchev–Trinajstić information content (AvgIpc) is 3.54. The molecule has 0 spiro atoms. The highest BCUT2D eigenvalue weighted by atomic mass is 16.5. The van der Waals surface area contributed by atoms with Gasteiger partial charge in [0.1, 0.15) is 0 Å². The van der Waals surface area contributed by atoms with Crippen molar-refractivity contribution in [2.75, 3.05) is 13.2 Å². The predicted octanol–water partition coefficient (Wildman–Crippen LogP) is 26.3. The van der Waals surface area contributed by atoms with Gasteiger partial charge in [0.2, 0.25) is 5.91 Å². The van der Waals surface area contributed by atoms with E-state index in [1.54, 1.807) is 6.08 Å². The van der Waals surface area contributed by atoms with E-state index in [-0.39, 0.29) is 18.5 Å². The minimum Gasteiger partial charge on any atom is -0.466 e. The van der Waals surface area contributed by atoms with Crippen molar-refractivity contribution in [2.45, 2.75) is 475 Å². The van der Waals surface area contributed by atoms with Crippen LogP contribution in [-0.2, 0) is 14.3 Å². The minimum atomic E-state index is -0.844. The molecule has 0 radical (unpaired) electrons. The van der Waals surface area contributed by atoms with Crippen molar-refractivity contribution >= 4 is 11.9 Å². The predicted molar refractivity (Wildman–Crippen MR) is 380 cm³/mol. The van der Waals surface area contributed by atoms with Gasteiger partial charge in [0, 0.05) is 12.8 Å². The third-order valence-electron chi connectivity index (χ3n) is 19.1. The molecule has 0 saturated carbocycles. The zero-order chi connectivity index (χ0) is 62.0. The molecule has 6 heteroatoms. The maximum Gasteiger partial charge on any atom is 0.305 e. The largest absolute Gasteiger partial charge is 0.466 e. The van der Waals surface area contributed by atoms with Crippen LogP contribution in [-0.4, -0.2) is 47.4 Å². The monoisotopic (exact) mass is 1210 g/mol. The lowest BCUT2D eigenvalue weighted by Gasteiger charge is -2.20. The van der Waals surface area contributed by atoms with Crippen LogP contribution in [0.2, 0.25) is 0 Å². The lowest BCUT2D eigenvalue weighted by atomic mass is 10.0. The average molecular weight is 1210 g/mol. The van der Waals surface area contributed by atoms with Gasteiger partial charge in [-0.25, -0.2) is 0 Å². The van der Waals surface area contributed by atoms with Crippen LogP contribution in [0.4, 0.5) is 0 Å². The maximum absolute atomic E-state index is 12.6. The van der Waals surface area contributed by atoms with E-state index in [0.29, 0.717) is 19.4 Å². The fraction of sp³-hybridized carbons (Fsp3) is 0.950. The first-order chi connectivity index (χ1) is 42.5. The van der Waals surface area contributed by atoms with Crippen LogP contribution in [0.5, 0.6) is 0 Å². The zero-order valence-electron chi connectivity index (χ0n) is 58.8. The summed E-state index contributed by atoms with van der Waals surface area (Å²) in [5.74, 6) is -0.0369. The first-order valence-electron chi connectivity index (χ1n) is 40.0. The Morgan fingerprint density at radius 1 is 0.314 bits per heavy atom. The number of aliphatic hydroxyl groups is 2. The van der Waals surface area contributed by atoms with Gasteiger partial charge in [-0.1, -0.05) is 431 Å². The Morgan fingerprint density at radius 3 is 0.791 bits per heavy atom. The third-order valence-corrected chi connectivity index (χ3v) is 19.1. The smallest absolute Gasteiger partial charge is 0.305 e. The molecule has 0 rings (SSSR count). The van der Waals surface area contributed by atoms with E-state index in [1.165, 1.54) is 398 Å². The molecular formula is C80H157NO5. The normalized spacial score (nSPS) is 12.5. The van der Waals surface area contributed by atoms with Gasteiger partial charge in [0.05, 0.1) is 25.4 Å². The van der Waals surface area contributed by atoms with Crippen LogP contribution in [0.15, 0.2) is 12.2 Å². The summed E-state index contributed by atoms with van der Waals surface area (Å²) >= 11 is 0. The molecular weight excluding hydrogens is 1050 g/mol. The van der Waals surface area contributed by atoms with E-state index in [1.807, 2.05) is 6.08 Å². The van der Waals surface area contributed by atoms with Crippen molar-refractivity contribution in [3.63, 3.8) is 0 Å². The maximum atomic E-state index is 12.6. The van der Waals surface area contributed by atoms with E-state index in [4.69, 9.17) is 4.74 Å². The Morgan fingerprint density at radius 2 is 0.535 bits per heavy atom. The van der Waals surface area contributed by atoms with E-state index in [2.05, 4.69) is 19.2 Å². The van der Waals surface area contributed by atoms with Crippen molar-refractivity contribution in [1.82, 2.24) is 5.32 Å². The molecule has 1 amide bonds. The molecule has 0 aromatic heterocycles. The van der Waals surface area contributed by atoms with E-state index < -0.39 is 12.1 Å². The van der Waals surface area contributed by atoms with Crippen molar-refractivity contribution in [3.05, 3.63) is 12.2 Å². The van der Waals surface area contributed by atoms with Crippen LogP contribution < -0.4 is 5.32 Å². The number of nitrogens with one attached hydrogen (secondary N) is 1. The molecule has 0 saturated heterocycles. The fourth-order valence-corrected chi connectivity index (χ4v) is 13.0. The number of carbonyl (C=O) groups excluding carboxylic acids is 2. The van der Waals surface area contributed by atoms with Gasteiger partial charge < -0.3 is 20.3 Å². The number of ether oxygens (including phenoxy) is 1. The Labute approximate surface area is 539 Å². The van der Waals surface area contributed by atoms with Crippen LogP contribution in [0, 0.1) is 0 Å². The molecule has 0 aliphatic heterocycles. The summed E-state index contributed by atoms with van der Waals surface area (Å²) in [6.45, 7) is 4.97. The number of aliphatic hydroxyl groups excluding tert-OH is 2. The zero-order valence-corrected chi connectivity index (χ0v) is 58.8. The number of allylic oxidation sites excluding steroid dienone is 1.